The van der Waals surface area contributed by atoms with E-state index in [0.717, 1.165) is 19.1 Å². The number of nitrogens with zero attached hydrogens (tertiary/aromatic N) is 3. The summed E-state index contributed by atoms with van der Waals surface area (Å²) in [6, 6.07) is 14.6. The zero-order chi connectivity index (χ0) is 24.3. The largest absolute Gasteiger partial charge is 0.466 e. The van der Waals surface area contributed by atoms with Crippen LogP contribution in [0.15, 0.2) is 71.2 Å². The van der Waals surface area contributed by atoms with E-state index in [-0.39, 0.29) is 34.0 Å². The third-order valence-corrected chi connectivity index (χ3v) is 5.25. The summed E-state index contributed by atoms with van der Waals surface area (Å²) < 4.78 is 9.90. The fraction of sp³-hybridized carbons (Fsp3) is 0.174. The number of methoxy groups -OCH3 is 2. The molecule has 10 nitrogen and oxygen atoms in total. The van der Waals surface area contributed by atoms with Gasteiger partial charge in [-0.2, -0.15) is 5.26 Å². The van der Waals surface area contributed by atoms with E-state index in [1.165, 1.54) is 18.2 Å². The average Bonchev–Trinajstić information content (AvgIpc) is 2.83. The highest BCUT2D eigenvalue weighted by atomic mass is 16.6. The van der Waals surface area contributed by atoms with Gasteiger partial charge in [0.15, 0.2) is 0 Å². The SMILES string of the molecule is COC(=O)C1=C(C(=O)OC)N(c2cc([N+](=O)[O-])ccc2C)C(N)=C(C#N)C1c1ccccc1. The first-order valence-corrected chi connectivity index (χ1v) is 9.67. The molecule has 2 N–H and O–H groups in total. The number of anilines is 1. The Morgan fingerprint density at radius 1 is 1.12 bits per heavy atom. The molecule has 0 aromatic heterocycles. The quantitative estimate of drug-likeness (QED) is 0.414. The van der Waals surface area contributed by atoms with Gasteiger partial charge in [-0.3, -0.25) is 15.0 Å². The lowest BCUT2D eigenvalue weighted by Crippen LogP contribution is -2.41. The molecule has 2 aromatic carbocycles. The highest BCUT2D eigenvalue weighted by molar-refractivity contribution is 6.06. The number of benzene rings is 2. The van der Waals surface area contributed by atoms with Gasteiger partial charge in [0.25, 0.3) is 5.69 Å². The predicted molar refractivity (Wildman–Crippen MR) is 117 cm³/mol. The number of aryl methyl sites for hydroxylation is 1. The molecule has 0 radical (unpaired) electrons. The van der Waals surface area contributed by atoms with Crippen molar-refractivity contribution in [2.45, 2.75) is 12.8 Å². The van der Waals surface area contributed by atoms with Gasteiger partial charge >= 0.3 is 11.9 Å². The lowest BCUT2D eigenvalue weighted by molar-refractivity contribution is -0.384. The number of hydrogen-bond acceptors (Lipinski definition) is 9. The predicted octanol–water partition coefficient (Wildman–Crippen LogP) is 2.80. The number of nitrogens with two attached hydrogens (primary N) is 1. The molecular weight excluding hydrogens is 428 g/mol. The second-order valence-corrected chi connectivity index (χ2v) is 7.06. The van der Waals surface area contributed by atoms with Gasteiger partial charge in [-0.15, -0.1) is 0 Å². The lowest BCUT2D eigenvalue weighted by atomic mass is 9.80. The number of carbonyl (C=O) groups is 2. The van der Waals surface area contributed by atoms with Crippen LogP contribution in [0, 0.1) is 28.4 Å². The molecule has 1 atom stereocenters. The highest BCUT2D eigenvalue weighted by Crippen LogP contribution is 2.44. The first kappa shape index (κ1) is 23.0. The van der Waals surface area contributed by atoms with Crippen molar-refractivity contribution in [1.29, 1.82) is 5.26 Å². The van der Waals surface area contributed by atoms with E-state index < -0.39 is 22.8 Å². The molecule has 1 aliphatic heterocycles. The van der Waals surface area contributed by atoms with Crippen molar-refractivity contribution in [3.8, 4) is 6.07 Å². The second-order valence-electron chi connectivity index (χ2n) is 7.06. The Labute approximate surface area is 189 Å². The molecule has 3 rings (SSSR count). The third kappa shape index (κ3) is 3.99. The molecule has 0 amide bonds. The van der Waals surface area contributed by atoms with Gasteiger partial charge in [-0.25, -0.2) is 9.59 Å². The lowest BCUT2D eigenvalue weighted by Gasteiger charge is -2.36. The zero-order valence-corrected chi connectivity index (χ0v) is 18.1. The summed E-state index contributed by atoms with van der Waals surface area (Å²) in [6.45, 7) is 1.65. The summed E-state index contributed by atoms with van der Waals surface area (Å²) in [6.07, 6.45) is 0. The first-order chi connectivity index (χ1) is 15.8. The smallest absolute Gasteiger partial charge is 0.355 e. The van der Waals surface area contributed by atoms with E-state index in [1.54, 1.807) is 37.3 Å². The van der Waals surface area contributed by atoms with Crippen LogP contribution in [0.25, 0.3) is 0 Å². The molecule has 168 valence electrons. The van der Waals surface area contributed by atoms with Gasteiger partial charge in [-0.1, -0.05) is 36.4 Å². The Hall–Kier alpha value is -4.65. The van der Waals surface area contributed by atoms with E-state index in [9.17, 15) is 25.0 Å². The standard InChI is InChI=1S/C23H20N4O6/c1-13-9-10-15(27(30)31)11-17(13)26-20(23(29)33-3)19(22(28)32-2)18(16(12-24)21(26)25)14-7-5-4-6-8-14/h4-11,18H,25H2,1-3H3. The topological polar surface area (TPSA) is 149 Å². The van der Waals surface area contributed by atoms with Gasteiger partial charge in [0, 0.05) is 12.1 Å². The molecule has 0 saturated carbocycles. The molecule has 0 spiro atoms. The van der Waals surface area contributed by atoms with E-state index in [1.807, 2.05) is 6.07 Å². The number of nitriles is 1. The number of rotatable bonds is 5. The minimum Gasteiger partial charge on any atom is -0.466 e. The fourth-order valence-corrected chi connectivity index (χ4v) is 3.72. The molecule has 0 aliphatic carbocycles. The molecular formula is C23H20N4O6. The molecule has 33 heavy (non-hydrogen) atoms. The van der Waals surface area contributed by atoms with E-state index in [2.05, 4.69) is 0 Å². The number of ether oxygens (including phenoxy) is 2. The molecule has 1 heterocycles. The molecule has 0 fully saturated rings. The minimum absolute atomic E-state index is 0.0276. The summed E-state index contributed by atoms with van der Waals surface area (Å²) in [5, 5.41) is 21.4. The van der Waals surface area contributed by atoms with Crippen LogP contribution in [0.5, 0.6) is 0 Å². The van der Waals surface area contributed by atoms with Crippen molar-refractivity contribution in [3.05, 3.63) is 92.4 Å². The van der Waals surface area contributed by atoms with E-state index >= 15 is 0 Å². The summed E-state index contributed by atoms with van der Waals surface area (Å²) >= 11 is 0. The Balaban J connectivity index is 2.46. The number of hydrogen-bond donors (Lipinski definition) is 1. The monoisotopic (exact) mass is 448 g/mol. The summed E-state index contributed by atoms with van der Waals surface area (Å²) in [7, 11) is 2.27. The summed E-state index contributed by atoms with van der Waals surface area (Å²) in [5.41, 5.74) is 6.80. The maximum absolute atomic E-state index is 13.0. The van der Waals surface area contributed by atoms with Crippen LogP contribution in [0.4, 0.5) is 11.4 Å². The molecule has 10 heteroatoms. The number of nitro groups is 1. The van der Waals surface area contributed by atoms with Gasteiger partial charge in [0.1, 0.15) is 11.5 Å². The third-order valence-electron chi connectivity index (χ3n) is 5.25. The van der Waals surface area contributed by atoms with Crippen LogP contribution in [0.3, 0.4) is 0 Å². The van der Waals surface area contributed by atoms with Crippen molar-refractivity contribution in [1.82, 2.24) is 0 Å². The Kier molecular flexibility index (Phi) is 6.44. The van der Waals surface area contributed by atoms with Gasteiger partial charge in [-0.05, 0) is 18.1 Å². The number of nitro benzene ring substituents is 1. The Morgan fingerprint density at radius 2 is 1.76 bits per heavy atom. The molecule has 1 unspecified atom stereocenters. The van der Waals surface area contributed by atoms with E-state index in [0.29, 0.717) is 11.1 Å². The zero-order valence-electron chi connectivity index (χ0n) is 18.1. The van der Waals surface area contributed by atoms with Crippen LogP contribution in [-0.4, -0.2) is 31.1 Å². The first-order valence-electron chi connectivity index (χ1n) is 9.67. The van der Waals surface area contributed by atoms with Crippen LogP contribution < -0.4 is 10.6 Å². The van der Waals surface area contributed by atoms with Crippen molar-refractivity contribution in [2.75, 3.05) is 19.1 Å². The van der Waals surface area contributed by atoms with Gasteiger partial charge in [0.05, 0.1) is 48.0 Å². The van der Waals surface area contributed by atoms with Crippen molar-refractivity contribution in [3.63, 3.8) is 0 Å². The molecule has 1 aliphatic rings. The number of esters is 2. The molecule has 2 aromatic rings. The van der Waals surface area contributed by atoms with Gasteiger partial charge in [0.2, 0.25) is 0 Å². The van der Waals surface area contributed by atoms with Crippen molar-refractivity contribution in [2.24, 2.45) is 5.73 Å². The second kappa shape index (κ2) is 9.23. The minimum atomic E-state index is -1.02. The number of carbonyl (C=O) groups excluding carboxylic acids is 2. The number of non-ortho nitro benzene ring substituents is 1. The summed E-state index contributed by atoms with van der Waals surface area (Å²) in [4.78, 5) is 37.9. The van der Waals surface area contributed by atoms with Crippen LogP contribution in [-0.2, 0) is 19.1 Å². The average molecular weight is 448 g/mol. The fourth-order valence-electron chi connectivity index (χ4n) is 3.72. The molecule has 0 saturated heterocycles. The van der Waals surface area contributed by atoms with Crippen molar-refractivity contribution >= 4 is 23.3 Å². The summed E-state index contributed by atoms with van der Waals surface area (Å²) in [5.74, 6) is -2.99. The van der Waals surface area contributed by atoms with Gasteiger partial charge < -0.3 is 15.2 Å². The maximum Gasteiger partial charge on any atom is 0.355 e. The van der Waals surface area contributed by atoms with Crippen LogP contribution in [0.1, 0.15) is 17.0 Å². The Bertz CT molecular complexity index is 1240. The highest BCUT2D eigenvalue weighted by Gasteiger charge is 2.43. The molecule has 0 bridgehead atoms. The van der Waals surface area contributed by atoms with Crippen LogP contribution in [0.2, 0.25) is 0 Å². The van der Waals surface area contributed by atoms with Crippen molar-refractivity contribution < 1.29 is 24.0 Å². The van der Waals surface area contributed by atoms with Crippen LogP contribution >= 0.6 is 0 Å². The Morgan fingerprint density at radius 3 is 2.30 bits per heavy atom. The van der Waals surface area contributed by atoms with E-state index in [4.69, 9.17) is 15.2 Å². The maximum atomic E-state index is 13.0. The normalized spacial score (nSPS) is 15.7. The number of allylic oxidation sites excluding steroid dienone is 1.